The maximum Gasteiger partial charge on any atom is 0.341 e. The molecule has 0 atom stereocenters. The average Bonchev–Trinajstić information content (AvgIpc) is 3.11. The third-order valence-electron chi connectivity index (χ3n) is 2.66. The van der Waals surface area contributed by atoms with Gasteiger partial charge in [-0.2, -0.15) is 4.98 Å². The van der Waals surface area contributed by atoms with Gasteiger partial charge in [0, 0.05) is 11.6 Å². The van der Waals surface area contributed by atoms with E-state index in [2.05, 4.69) is 30.2 Å². The lowest BCUT2D eigenvalue weighted by molar-refractivity contribution is -0.139. The molecule has 114 valence electrons. The molecule has 0 spiro atoms. The van der Waals surface area contributed by atoms with E-state index in [1.165, 1.54) is 11.3 Å². The second-order valence-electron chi connectivity index (χ2n) is 4.32. The van der Waals surface area contributed by atoms with Crippen LogP contribution in [0.25, 0.3) is 11.2 Å². The van der Waals surface area contributed by atoms with Gasteiger partial charge in [0.2, 0.25) is 0 Å². The number of ether oxygens (including phenoxy) is 1. The zero-order valence-electron chi connectivity index (χ0n) is 11.5. The fourth-order valence-electron chi connectivity index (χ4n) is 1.81. The first-order chi connectivity index (χ1) is 10.6. The number of anilines is 1. The second-order valence-corrected chi connectivity index (χ2v) is 5.30. The predicted octanol–water partition coefficient (Wildman–Crippen LogP) is 1.19. The highest BCUT2D eigenvalue weighted by Gasteiger charge is 2.13. The van der Waals surface area contributed by atoms with Crippen LogP contribution in [-0.2, 0) is 11.3 Å². The number of nitrogens with one attached hydrogen (secondary N) is 2. The zero-order chi connectivity index (χ0) is 15.5. The van der Waals surface area contributed by atoms with E-state index >= 15 is 0 Å². The summed E-state index contributed by atoms with van der Waals surface area (Å²) < 4.78 is 5.03. The highest BCUT2D eigenvalue weighted by molar-refractivity contribution is 7.09. The summed E-state index contributed by atoms with van der Waals surface area (Å²) in [4.78, 5) is 30.2. The van der Waals surface area contributed by atoms with Crippen LogP contribution in [0.15, 0.2) is 11.6 Å². The molecule has 0 aliphatic heterocycles. The minimum absolute atomic E-state index is 0.0922. The Labute approximate surface area is 128 Å². The number of carbonyl (C=O) groups is 1. The molecule has 0 saturated carbocycles. The number of imidazole rings is 1. The number of thiazole rings is 1. The van der Waals surface area contributed by atoms with Gasteiger partial charge in [-0.3, -0.25) is 0 Å². The van der Waals surface area contributed by atoms with Crippen molar-refractivity contribution in [2.24, 2.45) is 0 Å². The van der Waals surface area contributed by atoms with E-state index in [0.29, 0.717) is 29.4 Å². The number of hydrogen-bond acceptors (Lipinski definition) is 8. The molecule has 10 heteroatoms. The third-order valence-corrected chi connectivity index (χ3v) is 3.44. The van der Waals surface area contributed by atoms with E-state index in [1.54, 1.807) is 13.1 Å². The van der Waals surface area contributed by atoms with E-state index in [1.807, 2.05) is 5.38 Å². The Morgan fingerprint density at radius 1 is 1.45 bits per heavy atom. The summed E-state index contributed by atoms with van der Waals surface area (Å²) in [6.45, 7) is 1.79. The number of aromatic nitrogens is 5. The summed E-state index contributed by atoms with van der Waals surface area (Å²) in [7, 11) is 0. The molecule has 3 heterocycles. The van der Waals surface area contributed by atoms with Gasteiger partial charge in [-0.15, -0.1) is 11.3 Å². The smallest absolute Gasteiger partial charge is 0.341 e. The Balaban J connectivity index is 1.86. The van der Waals surface area contributed by atoms with Crippen molar-refractivity contribution in [3.8, 4) is 6.01 Å². The van der Waals surface area contributed by atoms with Crippen LogP contribution in [-0.4, -0.2) is 42.6 Å². The number of H-pyrrole nitrogens is 1. The minimum Gasteiger partial charge on any atom is -0.479 e. The van der Waals surface area contributed by atoms with Gasteiger partial charge in [-0.25, -0.2) is 19.7 Å². The van der Waals surface area contributed by atoms with Crippen LogP contribution in [0.4, 0.5) is 5.82 Å². The van der Waals surface area contributed by atoms with Gasteiger partial charge in [0.25, 0.3) is 6.01 Å². The normalized spacial score (nSPS) is 10.8. The molecule has 22 heavy (non-hydrogen) atoms. The van der Waals surface area contributed by atoms with Crippen molar-refractivity contribution < 1.29 is 14.6 Å². The molecular formula is C12H12N6O3S. The van der Waals surface area contributed by atoms with Crippen LogP contribution in [0.2, 0.25) is 0 Å². The molecule has 3 rings (SSSR count). The molecular weight excluding hydrogens is 308 g/mol. The summed E-state index contributed by atoms with van der Waals surface area (Å²) in [6.07, 6.45) is 1.73. The largest absolute Gasteiger partial charge is 0.479 e. The fourth-order valence-corrected chi connectivity index (χ4v) is 2.37. The first kappa shape index (κ1) is 14.2. The van der Waals surface area contributed by atoms with E-state index in [-0.39, 0.29) is 6.01 Å². The van der Waals surface area contributed by atoms with Gasteiger partial charge < -0.3 is 20.1 Å². The molecule has 0 fully saturated rings. The molecule has 3 N–H and O–H groups in total. The van der Waals surface area contributed by atoms with Crippen molar-refractivity contribution in [1.29, 1.82) is 0 Å². The number of nitrogens with zero attached hydrogens (tertiary/aromatic N) is 4. The maximum atomic E-state index is 10.5. The lowest BCUT2D eigenvalue weighted by Crippen LogP contribution is -2.10. The molecule has 0 aromatic carbocycles. The van der Waals surface area contributed by atoms with E-state index in [0.717, 1.165) is 5.01 Å². The number of aryl methyl sites for hydroxylation is 1. The highest BCUT2D eigenvalue weighted by atomic mass is 32.1. The Morgan fingerprint density at radius 3 is 3.05 bits per heavy atom. The Hall–Kier alpha value is -2.75. The predicted molar refractivity (Wildman–Crippen MR) is 79.0 cm³/mol. The highest BCUT2D eigenvalue weighted by Crippen LogP contribution is 2.21. The number of fused-ring (bicyclic) bond motifs is 1. The first-order valence-electron chi connectivity index (χ1n) is 6.33. The molecule has 0 radical (unpaired) electrons. The molecule has 0 bridgehead atoms. The number of hydrogen-bond donors (Lipinski definition) is 3. The summed E-state index contributed by atoms with van der Waals surface area (Å²) in [5, 5.41) is 14.6. The second kappa shape index (κ2) is 5.93. The van der Waals surface area contributed by atoms with Gasteiger partial charge in [0.15, 0.2) is 18.1 Å². The molecule has 9 nitrogen and oxygen atoms in total. The third kappa shape index (κ3) is 3.11. The van der Waals surface area contributed by atoms with Crippen molar-refractivity contribution in [2.75, 3.05) is 11.9 Å². The summed E-state index contributed by atoms with van der Waals surface area (Å²) in [6, 6.07) is 0.0922. The minimum atomic E-state index is -1.08. The SMILES string of the molecule is Cc1nc(NCc2nccs2)c2[nH]c(OCC(=O)O)nc2n1. The van der Waals surface area contributed by atoms with Crippen LogP contribution in [0.3, 0.4) is 0 Å². The maximum absolute atomic E-state index is 10.5. The van der Waals surface area contributed by atoms with E-state index in [4.69, 9.17) is 9.84 Å². The Morgan fingerprint density at radius 2 is 2.32 bits per heavy atom. The summed E-state index contributed by atoms with van der Waals surface area (Å²) >= 11 is 1.54. The Kier molecular flexibility index (Phi) is 3.83. The van der Waals surface area contributed by atoms with Crippen molar-refractivity contribution in [3.05, 3.63) is 22.4 Å². The van der Waals surface area contributed by atoms with E-state index in [9.17, 15) is 4.79 Å². The van der Waals surface area contributed by atoms with Crippen molar-refractivity contribution >= 4 is 34.3 Å². The van der Waals surface area contributed by atoms with Gasteiger partial charge in [-0.1, -0.05) is 0 Å². The molecule has 3 aromatic heterocycles. The number of aliphatic carboxylic acids is 1. The van der Waals surface area contributed by atoms with Gasteiger partial charge in [0.05, 0.1) is 6.54 Å². The summed E-state index contributed by atoms with van der Waals surface area (Å²) in [5.41, 5.74) is 0.970. The van der Waals surface area contributed by atoms with Crippen LogP contribution < -0.4 is 10.1 Å². The Bertz CT molecular complexity index is 801. The van der Waals surface area contributed by atoms with Crippen molar-refractivity contribution in [1.82, 2.24) is 24.9 Å². The fraction of sp³-hybridized carbons (Fsp3) is 0.250. The van der Waals surface area contributed by atoms with Crippen LogP contribution in [0, 0.1) is 6.92 Å². The first-order valence-corrected chi connectivity index (χ1v) is 7.21. The van der Waals surface area contributed by atoms with Crippen molar-refractivity contribution in [3.63, 3.8) is 0 Å². The topological polar surface area (TPSA) is 126 Å². The molecule has 0 aliphatic carbocycles. The zero-order valence-corrected chi connectivity index (χ0v) is 12.3. The van der Waals surface area contributed by atoms with Crippen LogP contribution in [0.1, 0.15) is 10.8 Å². The monoisotopic (exact) mass is 320 g/mol. The number of carboxylic acids is 1. The van der Waals surface area contributed by atoms with Crippen molar-refractivity contribution in [2.45, 2.75) is 13.5 Å². The summed E-state index contributed by atoms with van der Waals surface area (Å²) in [5.74, 6) is 0.0330. The molecule has 0 amide bonds. The van der Waals surface area contributed by atoms with Crippen LogP contribution in [0.5, 0.6) is 6.01 Å². The quantitative estimate of drug-likeness (QED) is 0.618. The number of carboxylic acid groups (broad SMARTS) is 1. The lowest BCUT2D eigenvalue weighted by Gasteiger charge is -2.04. The van der Waals surface area contributed by atoms with E-state index < -0.39 is 12.6 Å². The van der Waals surface area contributed by atoms with Crippen LogP contribution >= 0.6 is 11.3 Å². The van der Waals surface area contributed by atoms with Gasteiger partial charge >= 0.3 is 5.97 Å². The molecule has 0 unspecified atom stereocenters. The average molecular weight is 320 g/mol. The lowest BCUT2D eigenvalue weighted by atomic mass is 10.4. The van der Waals surface area contributed by atoms with Gasteiger partial charge in [0.1, 0.15) is 16.3 Å². The number of aromatic amines is 1. The van der Waals surface area contributed by atoms with Gasteiger partial charge in [-0.05, 0) is 6.92 Å². The molecule has 0 aliphatic rings. The standard InChI is InChI=1S/C12H12N6O3S/c1-6-15-10(14-4-7-13-2-3-22-7)9-11(16-6)18-12(17-9)21-5-8(19)20/h2-3H,4-5H2,1H3,(H,19,20)(H2,14,15,16,17,18). The number of rotatable bonds is 6. The molecule has 0 saturated heterocycles. The molecule has 3 aromatic rings.